The van der Waals surface area contributed by atoms with Crippen LogP contribution in [0.2, 0.25) is 0 Å². The summed E-state index contributed by atoms with van der Waals surface area (Å²) in [5.74, 6) is 0. The molecule has 0 amide bonds. The Morgan fingerprint density at radius 3 is 2.88 bits per heavy atom. The molecule has 0 aliphatic carbocycles. The second kappa shape index (κ2) is 5.65. The first kappa shape index (κ1) is 12.6. The Hall–Kier alpha value is -0.860. The third kappa shape index (κ3) is 2.88. The molecular formula is C15H24N2. The van der Waals surface area contributed by atoms with Gasteiger partial charge in [-0.2, -0.15) is 0 Å². The van der Waals surface area contributed by atoms with E-state index in [9.17, 15) is 0 Å². The van der Waals surface area contributed by atoms with Gasteiger partial charge in [-0.1, -0.05) is 31.2 Å². The third-order valence-corrected chi connectivity index (χ3v) is 3.90. The highest BCUT2D eigenvalue weighted by atomic mass is 15.2. The van der Waals surface area contributed by atoms with Gasteiger partial charge in [0.1, 0.15) is 0 Å². The number of nitrogens with one attached hydrogen (secondary N) is 1. The minimum Gasteiger partial charge on any atom is -0.313 e. The fourth-order valence-corrected chi connectivity index (χ4v) is 2.85. The Morgan fingerprint density at radius 2 is 2.18 bits per heavy atom. The van der Waals surface area contributed by atoms with Gasteiger partial charge in [-0.15, -0.1) is 0 Å². The number of aryl methyl sites for hydroxylation is 1. The van der Waals surface area contributed by atoms with Crippen LogP contribution in [0.3, 0.4) is 0 Å². The van der Waals surface area contributed by atoms with Gasteiger partial charge in [-0.25, -0.2) is 0 Å². The van der Waals surface area contributed by atoms with Gasteiger partial charge in [-0.3, -0.25) is 4.90 Å². The molecule has 1 aliphatic rings. The normalized spacial score (nSPS) is 22.9. The molecule has 2 rings (SSSR count). The summed E-state index contributed by atoms with van der Waals surface area (Å²) in [6.45, 7) is 10.2. The molecule has 1 saturated heterocycles. The molecule has 2 atom stereocenters. The summed E-state index contributed by atoms with van der Waals surface area (Å²) in [7, 11) is 0. The lowest BCUT2D eigenvalue weighted by molar-refractivity contribution is 0.255. The van der Waals surface area contributed by atoms with E-state index >= 15 is 0 Å². The molecule has 0 spiro atoms. The highest BCUT2D eigenvalue weighted by Crippen LogP contribution is 2.26. The van der Waals surface area contributed by atoms with Crippen molar-refractivity contribution in [3.63, 3.8) is 0 Å². The molecule has 2 unspecified atom stereocenters. The molecule has 2 heteroatoms. The minimum atomic E-state index is 0.542. The summed E-state index contributed by atoms with van der Waals surface area (Å²) in [6.07, 6.45) is 1.28. The van der Waals surface area contributed by atoms with Crippen LogP contribution in [0.5, 0.6) is 0 Å². The zero-order valence-corrected chi connectivity index (χ0v) is 11.2. The zero-order chi connectivity index (χ0) is 12.3. The van der Waals surface area contributed by atoms with Crippen LogP contribution >= 0.6 is 0 Å². The summed E-state index contributed by atoms with van der Waals surface area (Å²) in [5, 5.41) is 3.55. The molecule has 1 heterocycles. The number of likely N-dealkylation sites (N-methyl/N-ethyl adjacent to an activating group) is 1. The predicted octanol–water partition coefficient (Wildman–Crippen LogP) is 2.74. The van der Waals surface area contributed by atoms with Gasteiger partial charge in [0.2, 0.25) is 0 Å². The van der Waals surface area contributed by atoms with Crippen LogP contribution in [-0.4, -0.2) is 30.6 Å². The van der Waals surface area contributed by atoms with Crippen LogP contribution in [0.1, 0.15) is 37.4 Å². The van der Waals surface area contributed by atoms with Crippen molar-refractivity contribution in [3.8, 4) is 0 Å². The second-order valence-corrected chi connectivity index (χ2v) is 5.07. The fourth-order valence-electron chi connectivity index (χ4n) is 2.85. The van der Waals surface area contributed by atoms with E-state index in [4.69, 9.17) is 0 Å². The largest absolute Gasteiger partial charge is 0.313 e. The first-order valence-electron chi connectivity index (χ1n) is 6.75. The topological polar surface area (TPSA) is 15.3 Å². The zero-order valence-electron chi connectivity index (χ0n) is 11.2. The Kier molecular flexibility index (Phi) is 4.19. The Balaban J connectivity index is 2.02. The average molecular weight is 232 g/mol. The highest BCUT2D eigenvalue weighted by Gasteiger charge is 2.26. The van der Waals surface area contributed by atoms with Crippen LogP contribution in [0.4, 0.5) is 0 Å². The molecule has 1 aromatic carbocycles. The monoisotopic (exact) mass is 232 g/mol. The third-order valence-electron chi connectivity index (χ3n) is 3.90. The smallest absolute Gasteiger partial charge is 0.0323 e. The van der Waals surface area contributed by atoms with E-state index in [2.05, 4.69) is 55.3 Å². The first-order chi connectivity index (χ1) is 8.22. The summed E-state index contributed by atoms with van der Waals surface area (Å²) in [4.78, 5) is 2.59. The first-order valence-corrected chi connectivity index (χ1v) is 6.75. The minimum absolute atomic E-state index is 0.542. The van der Waals surface area contributed by atoms with E-state index in [1.165, 1.54) is 30.6 Å². The lowest BCUT2D eigenvalue weighted by Crippen LogP contribution is -2.33. The lowest BCUT2D eigenvalue weighted by atomic mass is 10.0. The lowest BCUT2D eigenvalue weighted by Gasteiger charge is -2.26. The van der Waals surface area contributed by atoms with Crippen LogP contribution in [-0.2, 0) is 0 Å². The van der Waals surface area contributed by atoms with Crippen molar-refractivity contribution in [2.75, 3.05) is 19.6 Å². The molecule has 1 fully saturated rings. The van der Waals surface area contributed by atoms with Crippen molar-refractivity contribution in [2.45, 2.75) is 39.3 Å². The highest BCUT2D eigenvalue weighted by molar-refractivity contribution is 5.28. The number of benzene rings is 1. The molecule has 0 radical (unpaired) electrons. The van der Waals surface area contributed by atoms with Gasteiger partial charge in [0.15, 0.2) is 0 Å². The van der Waals surface area contributed by atoms with E-state index in [-0.39, 0.29) is 0 Å². The SMILES string of the molecule is CCNC1CCN(C(C)c2ccccc2C)C1. The summed E-state index contributed by atoms with van der Waals surface area (Å²) in [5.41, 5.74) is 2.89. The van der Waals surface area contributed by atoms with Gasteiger partial charge in [-0.05, 0) is 37.9 Å². The molecule has 1 N–H and O–H groups in total. The van der Waals surface area contributed by atoms with Crippen molar-refractivity contribution >= 4 is 0 Å². The standard InChI is InChI=1S/C15H24N2/c1-4-16-14-9-10-17(11-14)13(3)15-8-6-5-7-12(15)2/h5-8,13-14,16H,4,9-11H2,1-3H3. The number of rotatable bonds is 4. The number of nitrogens with zero attached hydrogens (tertiary/aromatic N) is 1. The van der Waals surface area contributed by atoms with Gasteiger partial charge in [0.05, 0.1) is 0 Å². The maximum Gasteiger partial charge on any atom is 0.0323 e. The van der Waals surface area contributed by atoms with E-state index in [1.54, 1.807) is 0 Å². The van der Waals surface area contributed by atoms with Gasteiger partial charge in [0, 0.05) is 25.2 Å². The van der Waals surface area contributed by atoms with Gasteiger partial charge >= 0.3 is 0 Å². The molecule has 1 aliphatic heterocycles. The van der Waals surface area contributed by atoms with Crippen molar-refractivity contribution < 1.29 is 0 Å². The number of likely N-dealkylation sites (tertiary alicyclic amines) is 1. The van der Waals surface area contributed by atoms with E-state index < -0.39 is 0 Å². The van der Waals surface area contributed by atoms with Crippen LogP contribution in [0.15, 0.2) is 24.3 Å². The molecule has 0 bridgehead atoms. The Bertz CT molecular complexity index is 362. The van der Waals surface area contributed by atoms with Crippen LogP contribution < -0.4 is 5.32 Å². The summed E-state index contributed by atoms with van der Waals surface area (Å²) >= 11 is 0. The number of hydrogen-bond donors (Lipinski definition) is 1. The number of hydrogen-bond acceptors (Lipinski definition) is 2. The van der Waals surface area contributed by atoms with Gasteiger partial charge in [0.25, 0.3) is 0 Å². The Morgan fingerprint density at radius 1 is 1.41 bits per heavy atom. The summed E-state index contributed by atoms with van der Waals surface area (Å²) in [6, 6.07) is 9.98. The predicted molar refractivity (Wildman–Crippen MR) is 73.2 cm³/mol. The van der Waals surface area contributed by atoms with E-state index in [1.807, 2.05) is 0 Å². The molecule has 0 saturated carbocycles. The molecule has 2 nitrogen and oxygen atoms in total. The van der Waals surface area contributed by atoms with Crippen molar-refractivity contribution in [1.82, 2.24) is 10.2 Å². The quantitative estimate of drug-likeness (QED) is 0.858. The summed E-state index contributed by atoms with van der Waals surface area (Å²) < 4.78 is 0. The van der Waals surface area contributed by atoms with Crippen molar-refractivity contribution in [3.05, 3.63) is 35.4 Å². The molecule has 17 heavy (non-hydrogen) atoms. The maximum absolute atomic E-state index is 3.55. The van der Waals surface area contributed by atoms with Crippen LogP contribution in [0, 0.1) is 6.92 Å². The van der Waals surface area contributed by atoms with Crippen LogP contribution in [0.25, 0.3) is 0 Å². The molecule has 94 valence electrons. The average Bonchev–Trinajstić information content (AvgIpc) is 2.78. The molecular weight excluding hydrogens is 208 g/mol. The van der Waals surface area contributed by atoms with Gasteiger partial charge < -0.3 is 5.32 Å². The van der Waals surface area contributed by atoms with E-state index in [0.29, 0.717) is 12.1 Å². The van der Waals surface area contributed by atoms with Crippen molar-refractivity contribution in [2.24, 2.45) is 0 Å². The fraction of sp³-hybridized carbons (Fsp3) is 0.600. The Labute approximate surface area is 105 Å². The maximum atomic E-state index is 3.55. The van der Waals surface area contributed by atoms with E-state index in [0.717, 1.165) is 6.54 Å². The second-order valence-electron chi connectivity index (χ2n) is 5.07. The molecule has 0 aromatic heterocycles. The molecule has 1 aromatic rings. The van der Waals surface area contributed by atoms with Crippen molar-refractivity contribution in [1.29, 1.82) is 0 Å².